The lowest BCUT2D eigenvalue weighted by Crippen LogP contribution is -1.90. The quantitative estimate of drug-likeness (QED) is 0.600. The van der Waals surface area contributed by atoms with Crippen LogP contribution in [0, 0.1) is 10.1 Å². The number of hydrogen-bond acceptors (Lipinski definition) is 3. The van der Waals surface area contributed by atoms with Gasteiger partial charge in [-0.3, -0.25) is 10.1 Å². The molecule has 0 atom stereocenters. The fourth-order valence-electron chi connectivity index (χ4n) is 1.76. The third-order valence-electron chi connectivity index (χ3n) is 2.49. The van der Waals surface area contributed by atoms with Gasteiger partial charge in [0.15, 0.2) is 0 Å². The molecule has 0 aromatic heterocycles. The lowest BCUT2D eigenvalue weighted by molar-refractivity contribution is -0.400. The Morgan fingerprint density at radius 1 is 1.24 bits per heavy atom. The summed E-state index contributed by atoms with van der Waals surface area (Å²) >= 11 is 0. The lowest BCUT2D eigenvalue weighted by Gasteiger charge is -2.08. The molecule has 86 valence electrons. The first-order valence-electron chi connectivity index (χ1n) is 5.10. The molecule has 0 aliphatic heterocycles. The van der Waals surface area contributed by atoms with Crippen molar-refractivity contribution in [1.82, 2.24) is 0 Å². The summed E-state index contributed by atoms with van der Waals surface area (Å²) in [5.41, 5.74) is 0.697. The first-order valence-corrected chi connectivity index (χ1v) is 5.10. The van der Waals surface area contributed by atoms with Gasteiger partial charge in [0.2, 0.25) is 6.20 Å². The highest BCUT2D eigenvalue weighted by atomic mass is 16.6. The van der Waals surface area contributed by atoms with Crippen molar-refractivity contribution in [1.29, 1.82) is 0 Å². The van der Waals surface area contributed by atoms with E-state index in [0.29, 0.717) is 11.3 Å². The second-order valence-corrected chi connectivity index (χ2v) is 3.51. The Morgan fingerprint density at radius 3 is 2.71 bits per heavy atom. The molecule has 2 rings (SSSR count). The largest absolute Gasteiger partial charge is 0.495 e. The van der Waals surface area contributed by atoms with Gasteiger partial charge in [-0.15, -0.1) is 0 Å². The van der Waals surface area contributed by atoms with E-state index < -0.39 is 4.92 Å². The second kappa shape index (κ2) is 4.65. The lowest BCUT2D eigenvalue weighted by atomic mass is 10.1. The summed E-state index contributed by atoms with van der Waals surface area (Å²) in [5.74, 6) is 0.654. The molecular formula is C13H11NO3. The van der Waals surface area contributed by atoms with Crippen molar-refractivity contribution in [3.05, 3.63) is 58.3 Å². The van der Waals surface area contributed by atoms with Crippen LogP contribution in [0.3, 0.4) is 0 Å². The average Bonchev–Trinajstić information content (AvgIpc) is 2.35. The summed E-state index contributed by atoms with van der Waals surface area (Å²) in [4.78, 5) is 9.82. The molecule has 0 amide bonds. The molecule has 17 heavy (non-hydrogen) atoms. The molecule has 4 nitrogen and oxygen atoms in total. The zero-order valence-electron chi connectivity index (χ0n) is 9.29. The van der Waals surface area contributed by atoms with E-state index in [1.54, 1.807) is 13.2 Å². The van der Waals surface area contributed by atoms with Crippen LogP contribution >= 0.6 is 0 Å². The van der Waals surface area contributed by atoms with Crippen LogP contribution in [-0.4, -0.2) is 12.0 Å². The Labute approximate surface area is 98.3 Å². The Hall–Kier alpha value is -2.36. The molecule has 0 spiro atoms. The molecule has 0 heterocycles. The molecule has 4 heteroatoms. The molecule has 0 saturated carbocycles. The van der Waals surface area contributed by atoms with Crippen molar-refractivity contribution in [3.63, 3.8) is 0 Å². The minimum atomic E-state index is -0.491. The molecule has 0 radical (unpaired) electrons. The molecule has 2 aromatic carbocycles. The number of hydrogen-bond donors (Lipinski definition) is 0. The normalized spacial score (nSPS) is 10.9. The summed E-state index contributed by atoms with van der Waals surface area (Å²) in [6, 6.07) is 11.5. The first kappa shape index (κ1) is 11.1. The number of fused-ring (bicyclic) bond motifs is 1. The third kappa shape index (κ3) is 2.25. The second-order valence-electron chi connectivity index (χ2n) is 3.51. The van der Waals surface area contributed by atoms with Gasteiger partial charge in [-0.05, 0) is 5.39 Å². The van der Waals surface area contributed by atoms with Crippen LogP contribution in [0.25, 0.3) is 16.8 Å². The van der Waals surface area contributed by atoms with Crippen molar-refractivity contribution in [2.24, 2.45) is 0 Å². The molecule has 0 unspecified atom stereocenters. The van der Waals surface area contributed by atoms with Gasteiger partial charge >= 0.3 is 0 Å². The van der Waals surface area contributed by atoms with E-state index in [0.717, 1.165) is 17.0 Å². The Balaban J connectivity index is 2.60. The topological polar surface area (TPSA) is 52.4 Å². The summed E-state index contributed by atoms with van der Waals surface area (Å²) in [6.07, 6.45) is 2.35. The van der Waals surface area contributed by atoms with Gasteiger partial charge in [-0.25, -0.2) is 0 Å². The standard InChI is InChI=1S/C13H11NO3/c1-17-13-11(8-9-14(15)16)7-6-10-4-2-3-5-12(10)13/h2-9H,1H3. The van der Waals surface area contributed by atoms with Crippen molar-refractivity contribution >= 4 is 16.8 Å². The SMILES string of the molecule is COc1c(C=C[N+](=O)[O-])ccc2ccccc12. The van der Waals surface area contributed by atoms with Crippen LogP contribution in [0.2, 0.25) is 0 Å². The van der Waals surface area contributed by atoms with E-state index >= 15 is 0 Å². The van der Waals surface area contributed by atoms with Gasteiger partial charge in [-0.1, -0.05) is 36.4 Å². The number of benzene rings is 2. The summed E-state index contributed by atoms with van der Waals surface area (Å²) in [6.45, 7) is 0. The van der Waals surface area contributed by atoms with Gasteiger partial charge in [-0.2, -0.15) is 0 Å². The maximum absolute atomic E-state index is 10.3. The van der Waals surface area contributed by atoms with E-state index in [-0.39, 0.29) is 0 Å². The Morgan fingerprint density at radius 2 is 2.00 bits per heavy atom. The molecule has 0 fully saturated rings. The van der Waals surface area contributed by atoms with E-state index in [1.165, 1.54) is 6.08 Å². The van der Waals surface area contributed by atoms with Gasteiger partial charge in [0.25, 0.3) is 0 Å². The van der Waals surface area contributed by atoms with Crippen molar-refractivity contribution in [2.45, 2.75) is 0 Å². The number of methoxy groups -OCH3 is 1. The van der Waals surface area contributed by atoms with Crippen LogP contribution in [0.1, 0.15) is 5.56 Å². The minimum absolute atomic E-state index is 0.491. The minimum Gasteiger partial charge on any atom is -0.495 e. The van der Waals surface area contributed by atoms with Gasteiger partial charge in [0, 0.05) is 17.0 Å². The third-order valence-corrected chi connectivity index (χ3v) is 2.49. The number of nitro groups is 1. The van der Waals surface area contributed by atoms with Crippen molar-refractivity contribution in [3.8, 4) is 5.75 Å². The monoisotopic (exact) mass is 229 g/mol. The van der Waals surface area contributed by atoms with Crippen LogP contribution in [0.15, 0.2) is 42.6 Å². The van der Waals surface area contributed by atoms with Crippen molar-refractivity contribution in [2.75, 3.05) is 7.11 Å². The van der Waals surface area contributed by atoms with Crippen LogP contribution in [0.4, 0.5) is 0 Å². The Bertz CT molecular complexity index is 590. The van der Waals surface area contributed by atoms with E-state index in [4.69, 9.17) is 4.74 Å². The smallest absolute Gasteiger partial charge is 0.235 e. The highest BCUT2D eigenvalue weighted by Gasteiger charge is 2.06. The summed E-state index contributed by atoms with van der Waals surface area (Å²) in [7, 11) is 1.56. The summed E-state index contributed by atoms with van der Waals surface area (Å²) in [5, 5.41) is 12.3. The van der Waals surface area contributed by atoms with Crippen molar-refractivity contribution < 1.29 is 9.66 Å². The molecule has 0 aliphatic rings. The zero-order valence-corrected chi connectivity index (χ0v) is 9.29. The van der Waals surface area contributed by atoms with Crippen LogP contribution in [-0.2, 0) is 0 Å². The van der Waals surface area contributed by atoms with Gasteiger partial charge in [0.05, 0.1) is 12.0 Å². The summed E-state index contributed by atoms with van der Waals surface area (Å²) < 4.78 is 5.32. The number of ether oxygens (including phenoxy) is 1. The van der Waals surface area contributed by atoms with E-state index in [2.05, 4.69) is 0 Å². The highest BCUT2D eigenvalue weighted by molar-refractivity contribution is 5.91. The fourth-order valence-corrected chi connectivity index (χ4v) is 1.76. The van der Waals surface area contributed by atoms with E-state index in [1.807, 2.05) is 30.3 Å². The number of rotatable bonds is 3. The predicted molar refractivity (Wildman–Crippen MR) is 66.5 cm³/mol. The molecule has 0 bridgehead atoms. The maximum Gasteiger partial charge on any atom is 0.235 e. The average molecular weight is 229 g/mol. The molecule has 0 N–H and O–H groups in total. The fraction of sp³-hybridized carbons (Fsp3) is 0.0769. The molecular weight excluding hydrogens is 218 g/mol. The molecule has 0 saturated heterocycles. The zero-order chi connectivity index (χ0) is 12.3. The van der Waals surface area contributed by atoms with Gasteiger partial charge in [0.1, 0.15) is 5.75 Å². The molecule has 2 aromatic rings. The first-order chi connectivity index (χ1) is 8.22. The Kier molecular flexibility index (Phi) is 3.05. The highest BCUT2D eigenvalue weighted by Crippen LogP contribution is 2.30. The van der Waals surface area contributed by atoms with E-state index in [9.17, 15) is 10.1 Å². The van der Waals surface area contributed by atoms with Crippen LogP contribution < -0.4 is 4.74 Å². The molecule has 0 aliphatic carbocycles. The van der Waals surface area contributed by atoms with Gasteiger partial charge < -0.3 is 4.74 Å². The van der Waals surface area contributed by atoms with Crippen LogP contribution in [0.5, 0.6) is 5.75 Å². The number of nitrogens with zero attached hydrogens (tertiary/aromatic N) is 1. The maximum atomic E-state index is 10.3. The predicted octanol–water partition coefficient (Wildman–Crippen LogP) is 3.10.